The Bertz CT molecular complexity index is 256. The molecule has 17 heavy (non-hydrogen) atoms. The molecule has 0 saturated heterocycles. The summed E-state index contributed by atoms with van der Waals surface area (Å²) in [5.41, 5.74) is 0.557. The van der Waals surface area contributed by atoms with Crippen molar-refractivity contribution in [2.24, 2.45) is 11.3 Å². The van der Waals surface area contributed by atoms with Gasteiger partial charge in [0.1, 0.15) is 0 Å². The largest absolute Gasteiger partial charge is 0.481 e. The van der Waals surface area contributed by atoms with Crippen molar-refractivity contribution in [3.8, 4) is 0 Å². The highest BCUT2D eigenvalue weighted by atomic mass is 16.4. The molecule has 2 heteroatoms. The number of carbonyl (C=O) groups is 1. The fraction of sp³-hybridized carbons (Fsp3) is 0.800. The fourth-order valence-corrected chi connectivity index (χ4v) is 2.47. The molecule has 0 unspecified atom stereocenters. The van der Waals surface area contributed by atoms with E-state index in [-0.39, 0.29) is 0 Å². The summed E-state index contributed by atoms with van der Waals surface area (Å²) in [4.78, 5) is 10.3. The maximum atomic E-state index is 10.3. The molecule has 0 bridgehead atoms. The normalized spacial score (nSPS) is 20.8. The van der Waals surface area contributed by atoms with Crippen LogP contribution in [0.4, 0.5) is 0 Å². The maximum Gasteiger partial charge on any atom is 0.303 e. The van der Waals surface area contributed by atoms with Gasteiger partial charge in [0.2, 0.25) is 0 Å². The standard InChI is InChI=1S/C15H26O2/c1-15(2)11-9-13(10-12-15)7-5-3-4-6-8-14(16)17/h3,5,13H,4,6-12H2,1-2H3,(H,16,17)/b5-3+. The second-order valence-corrected chi connectivity index (χ2v) is 6.10. The molecule has 0 aliphatic heterocycles. The van der Waals surface area contributed by atoms with Gasteiger partial charge in [0, 0.05) is 6.42 Å². The van der Waals surface area contributed by atoms with E-state index in [0.29, 0.717) is 11.8 Å². The minimum absolute atomic E-state index is 0.294. The van der Waals surface area contributed by atoms with Gasteiger partial charge >= 0.3 is 5.97 Å². The molecule has 1 fully saturated rings. The smallest absolute Gasteiger partial charge is 0.303 e. The lowest BCUT2D eigenvalue weighted by molar-refractivity contribution is -0.137. The maximum absolute atomic E-state index is 10.3. The van der Waals surface area contributed by atoms with Crippen molar-refractivity contribution < 1.29 is 9.90 Å². The third-order valence-electron chi connectivity index (χ3n) is 3.86. The Morgan fingerprint density at radius 1 is 1.29 bits per heavy atom. The first-order valence-electron chi connectivity index (χ1n) is 6.86. The molecule has 1 N–H and O–H groups in total. The topological polar surface area (TPSA) is 37.3 Å². The summed E-state index contributed by atoms with van der Waals surface area (Å²) in [5, 5.41) is 8.50. The van der Waals surface area contributed by atoms with Crippen LogP contribution in [0.1, 0.15) is 65.2 Å². The van der Waals surface area contributed by atoms with Gasteiger partial charge in [0.05, 0.1) is 0 Å². The predicted molar refractivity (Wildman–Crippen MR) is 71.0 cm³/mol. The molecule has 1 aliphatic rings. The van der Waals surface area contributed by atoms with E-state index in [4.69, 9.17) is 5.11 Å². The van der Waals surface area contributed by atoms with Gasteiger partial charge in [0.15, 0.2) is 0 Å². The summed E-state index contributed by atoms with van der Waals surface area (Å²) in [7, 11) is 0. The Kier molecular flexibility index (Phi) is 5.73. The van der Waals surface area contributed by atoms with Crippen molar-refractivity contribution in [2.75, 3.05) is 0 Å². The summed E-state index contributed by atoms with van der Waals surface area (Å²) in [6.45, 7) is 4.73. The molecule has 98 valence electrons. The third kappa shape index (κ3) is 6.50. The monoisotopic (exact) mass is 238 g/mol. The lowest BCUT2D eigenvalue weighted by Crippen LogP contribution is -2.20. The minimum Gasteiger partial charge on any atom is -0.481 e. The van der Waals surface area contributed by atoms with Gasteiger partial charge < -0.3 is 5.11 Å². The lowest BCUT2D eigenvalue weighted by atomic mass is 9.72. The summed E-state index contributed by atoms with van der Waals surface area (Å²) in [5.74, 6) is 0.173. The first-order chi connectivity index (χ1) is 7.99. The SMILES string of the molecule is CC1(C)CCC(C/C=C/CCCC(=O)O)CC1. The fourth-order valence-electron chi connectivity index (χ4n) is 2.47. The Balaban J connectivity index is 2.07. The Morgan fingerprint density at radius 3 is 2.53 bits per heavy atom. The van der Waals surface area contributed by atoms with Gasteiger partial charge in [-0.05, 0) is 56.3 Å². The minimum atomic E-state index is -0.687. The van der Waals surface area contributed by atoms with Crippen LogP contribution in [-0.4, -0.2) is 11.1 Å². The van der Waals surface area contributed by atoms with E-state index in [2.05, 4.69) is 26.0 Å². The second-order valence-electron chi connectivity index (χ2n) is 6.10. The summed E-state index contributed by atoms with van der Waals surface area (Å²) in [6, 6.07) is 0. The van der Waals surface area contributed by atoms with Crippen LogP contribution in [-0.2, 0) is 4.79 Å². The molecule has 0 aromatic heterocycles. The number of allylic oxidation sites excluding steroid dienone is 2. The molecule has 1 aliphatic carbocycles. The zero-order valence-corrected chi connectivity index (χ0v) is 11.2. The summed E-state index contributed by atoms with van der Waals surface area (Å²) < 4.78 is 0. The average Bonchev–Trinajstić information content (AvgIpc) is 2.25. The summed E-state index contributed by atoms with van der Waals surface area (Å²) in [6.07, 6.45) is 13.0. The van der Waals surface area contributed by atoms with Gasteiger partial charge in [-0.3, -0.25) is 4.79 Å². The van der Waals surface area contributed by atoms with E-state index in [1.807, 2.05) is 0 Å². The van der Waals surface area contributed by atoms with Crippen molar-refractivity contribution in [3.05, 3.63) is 12.2 Å². The molecule has 1 saturated carbocycles. The molecule has 0 spiro atoms. The van der Waals surface area contributed by atoms with Crippen LogP contribution in [0, 0.1) is 11.3 Å². The lowest BCUT2D eigenvalue weighted by Gasteiger charge is -2.33. The van der Waals surface area contributed by atoms with E-state index in [9.17, 15) is 4.79 Å². The highest BCUT2D eigenvalue weighted by Gasteiger charge is 2.25. The zero-order chi connectivity index (χ0) is 12.7. The van der Waals surface area contributed by atoms with E-state index in [0.717, 1.165) is 18.8 Å². The zero-order valence-electron chi connectivity index (χ0n) is 11.2. The van der Waals surface area contributed by atoms with Crippen LogP contribution in [0.15, 0.2) is 12.2 Å². The van der Waals surface area contributed by atoms with Gasteiger partial charge in [-0.1, -0.05) is 26.0 Å². The van der Waals surface area contributed by atoms with Crippen molar-refractivity contribution >= 4 is 5.97 Å². The number of aliphatic carboxylic acids is 1. The van der Waals surface area contributed by atoms with Gasteiger partial charge in [-0.2, -0.15) is 0 Å². The van der Waals surface area contributed by atoms with E-state index in [1.165, 1.54) is 32.1 Å². The molecule has 0 aromatic carbocycles. The molecule has 2 nitrogen and oxygen atoms in total. The number of carboxylic acids is 1. The first-order valence-corrected chi connectivity index (χ1v) is 6.86. The van der Waals surface area contributed by atoms with Crippen LogP contribution < -0.4 is 0 Å². The highest BCUT2D eigenvalue weighted by molar-refractivity contribution is 5.66. The van der Waals surface area contributed by atoms with E-state index in [1.54, 1.807) is 0 Å². The van der Waals surface area contributed by atoms with Crippen LogP contribution in [0.2, 0.25) is 0 Å². The number of hydrogen-bond acceptors (Lipinski definition) is 1. The molecule has 0 atom stereocenters. The third-order valence-corrected chi connectivity index (χ3v) is 3.86. The van der Waals surface area contributed by atoms with Crippen molar-refractivity contribution in [1.29, 1.82) is 0 Å². The molecule has 0 amide bonds. The van der Waals surface area contributed by atoms with Gasteiger partial charge in [0.25, 0.3) is 0 Å². The van der Waals surface area contributed by atoms with E-state index >= 15 is 0 Å². The number of hydrogen-bond donors (Lipinski definition) is 1. The van der Waals surface area contributed by atoms with Crippen molar-refractivity contribution in [1.82, 2.24) is 0 Å². The molecular weight excluding hydrogens is 212 g/mol. The highest BCUT2D eigenvalue weighted by Crippen LogP contribution is 2.39. The number of rotatable bonds is 6. The number of unbranched alkanes of at least 4 members (excludes halogenated alkanes) is 1. The van der Waals surface area contributed by atoms with Crippen molar-refractivity contribution in [2.45, 2.75) is 65.2 Å². The van der Waals surface area contributed by atoms with Crippen LogP contribution >= 0.6 is 0 Å². The quantitative estimate of drug-likeness (QED) is 0.550. The number of carboxylic acid groups (broad SMARTS) is 1. The van der Waals surface area contributed by atoms with Crippen molar-refractivity contribution in [3.63, 3.8) is 0 Å². The van der Waals surface area contributed by atoms with Crippen LogP contribution in [0.25, 0.3) is 0 Å². The molecular formula is C15H26O2. The average molecular weight is 238 g/mol. The molecule has 0 radical (unpaired) electrons. The van der Waals surface area contributed by atoms with Gasteiger partial charge in [-0.25, -0.2) is 0 Å². The molecule has 0 heterocycles. The molecule has 0 aromatic rings. The Morgan fingerprint density at radius 2 is 1.94 bits per heavy atom. The van der Waals surface area contributed by atoms with Crippen LogP contribution in [0.3, 0.4) is 0 Å². The first kappa shape index (κ1) is 14.3. The Labute approximate surface area is 105 Å². The summed E-state index contributed by atoms with van der Waals surface area (Å²) >= 11 is 0. The predicted octanol–water partition coefficient (Wildman–Crippen LogP) is 4.40. The second kappa shape index (κ2) is 6.83. The van der Waals surface area contributed by atoms with Crippen LogP contribution in [0.5, 0.6) is 0 Å². The van der Waals surface area contributed by atoms with Gasteiger partial charge in [-0.15, -0.1) is 0 Å². The van der Waals surface area contributed by atoms with E-state index < -0.39 is 5.97 Å². The molecule has 1 rings (SSSR count). The Hall–Kier alpha value is -0.790.